The predicted molar refractivity (Wildman–Crippen MR) is 47.6 cm³/mol. The summed E-state index contributed by atoms with van der Waals surface area (Å²) in [7, 11) is 0. The van der Waals surface area contributed by atoms with Crippen LogP contribution in [0.15, 0.2) is 18.2 Å². The molecular weight excluding hydrogens is 233 g/mol. The Hall–Kier alpha value is -1.23. The van der Waals surface area contributed by atoms with Gasteiger partial charge in [-0.2, -0.15) is 0 Å². The molecule has 0 unspecified atom stereocenters. The largest absolute Gasteiger partial charge is 0.481 e. The predicted octanol–water partition coefficient (Wildman–Crippen LogP) is 3.05. The van der Waals surface area contributed by atoms with E-state index in [-0.39, 0.29) is 0 Å². The third-order valence-corrected chi connectivity index (χ3v) is 2.10. The van der Waals surface area contributed by atoms with E-state index >= 15 is 0 Å². The van der Waals surface area contributed by atoms with Crippen molar-refractivity contribution >= 4 is 17.6 Å². The molecule has 0 fully saturated rings. The molecule has 0 amide bonds. The third-order valence-electron chi connectivity index (χ3n) is 1.72. The average molecular weight is 239 g/mol. The zero-order valence-electron chi connectivity index (χ0n) is 7.31. The van der Waals surface area contributed by atoms with Crippen LogP contribution in [0.5, 0.6) is 0 Å². The maximum Gasteiger partial charge on any atom is 0.309 e. The fraction of sp³-hybridized carbons (Fsp3) is 0.222. The zero-order chi connectivity index (χ0) is 11.6. The maximum atomic E-state index is 13.2. The van der Waals surface area contributed by atoms with Crippen LogP contribution in [0, 0.1) is 5.82 Å². The Morgan fingerprint density at radius 3 is 2.60 bits per heavy atom. The van der Waals surface area contributed by atoms with Gasteiger partial charge in [0.2, 0.25) is 0 Å². The quantitative estimate of drug-likeness (QED) is 0.879. The van der Waals surface area contributed by atoms with Crippen LogP contribution in [-0.4, -0.2) is 11.1 Å². The van der Waals surface area contributed by atoms with Crippen LogP contribution in [0.2, 0.25) is 5.02 Å². The third kappa shape index (κ3) is 2.62. The molecule has 0 aromatic heterocycles. The Morgan fingerprint density at radius 2 is 2.07 bits per heavy atom. The highest BCUT2D eigenvalue weighted by molar-refractivity contribution is 6.31. The highest BCUT2D eigenvalue weighted by Crippen LogP contribution is 2.37. The van der Waals surface area contributed by atoms with Gasteiger partial charge in [0, 0.05) is 5.56 Å². The normalized spacial score (nSPS) is 11.5. The van der Waals surface area contributed by atoms with E-state index in [1.807, 2.05) is 0 Å². The molecule has 0 atom stereocenters. The summed E-state index contributed by atoms with van der Waals surface area (Å²) in [4.78, 5) is 10.2. The summed E-state index contributed by atoms with van der Waals surface area (Å²) in [6.45, 7) is 0. The monoisotopic (exact) mass is 238 g/mol. The lowest BCUT2D eigenvalue weighted by Crippen LogP contribution is -2.19. The minimum Gasteiger partial charge on any atom is -0.481 e. The molecular formula is C9H6ClF3O2. The molecule has 0 aliphatic carbocycles. The molecule has 1 rings (SSSR count). The van der Waals surface area contributed by atoms with Gasteiger partial charge >= 0.3 is 5.97 Å². The molecule has 6 heteroatoms. The van der Waals surface area contributed by atoms with Gasteiger partial charge < -0.3 is 5.11 Å². The van der Waals surface area contributed by atoms with Crippen LogP contribution >= 0.6 is 11.6 Å². The Labute approximate surface area is 88.3 Å². The molecule has 0 bridgehead atoms. The minimum absolute atomic E-state index is 0.747. The molecule has 0 radical (unpaired) electrons. The number of alkyl halides is 2. The fourth-order valence-corrected chi connectivity index (χ4v) is 1.34. The second-order valence-electron chi connectivity index (χ2n) is 2.88. The van der Waals surface area contributed by atoms with E-state index in [0.717, 1.165) is 18.2 Å². The molecule has 2 nitrogen and oxygen atoms in total. The van der Waals surface area contributed by atoms with Gasteiger partial charge in [0.1, 0.15) is 12.2 Å². The number of carboxylic acid groups (broad SMARTS) is 1. The maximum absolute atomic E-state index is 13.2. The number of hydrogen-bond donors (Lipinski definition) is 1. The van der Waals surface area contributed by atoms with E-state index in [9.17, 15) is 18.0 Å². The molecule has 0 spiro atoms. The van der Waals surface area contributed by atoms with E-state index in [1.165, 1.54) is 0 Å². The standard InChI is InChI=1S/C9H6ClF3O2/c10-8-5(2-1-3-6(8)11)9(12,13)4-7(14)15/h1-3H,4H2,(H,14,15). The van der Waals surface area contributed by atoms with E-state index < -0.39 is 34.7 Å². The highest BCUT2D eigenvalue weighted by Gasteiger charge is 2.37. The van der Waals surface area contributed by atoms with E-state index in [2.05, 4.69) is 0 Å². The number of aliphatic carboxylic acids is 1. The lowest BCUT2D eigenvalue weighted by molar-refractivity contribution is -0.145. The van der Waals surface area contributed by atoms with Crippen LogP contribution in [0.3, 0.4) is 0 Å². The lowest BCUT2D eigenvalue weighted by Gasteiger charge is -2.15. The molecule has 82 valence electrons. The van der Waals surface area contributed by atoms with Gasteiger partial charge in [0.25, 0.3) is 5.92 Å². The summed E-state index contributed by atoms with van der Waals surface area (Å²) in [5.41, 5.74) is -0.813. The van der Waals surface area contributed by atoms with E-state index in [1.54, 1.807) is 0 Å². The first kappa shape index (κ1) is 11.8. The van der Waals surface area contributed by atoms with Gasteiger partial charge in [-0.1, -0.05) is 23.7 Å². The van der Waals surface area contributed by atoms with Crippen molar-refractivity contribution in [3.8, 4) is 0 Å². The molecule has 0 heterocycles. The summed E-state index contributed by atoms with van der Waals surface area (Å²) in [5.74, 6) is -6.36. The Balaban J connectivity index is 3.14. The number of carbonyl (C=O) groups is 1. The fourth-order valence-electron chi connectivity index (χ4n) is 1.07. The molecule has 1 N–H and O–H groups in total. The van der Waals surface area contributed by atoms with Crippen LogP contribution < -0.4 is 0 Å². The van der Waals surface area contributed by atoms with Crippen molar-refractivity contribution in [2.45, 2.75) is 12.3 Å². The minimum atomic E-state index is -3.68. The zero-order valence-corrected chi connectivity index (χ0v) is 8.06. The smallest absolute Gasteiger partial charge is 0.309 e. The van der Waals surface area contributed by atoms with Crippen molar-refractivity contribution in [3.63, 3.8) is 0 Å². The molecule has 1 aromatic carbocycles. The van der Waals surface area contributed by atoms with Gasteiger partial charge in [-0.05, 0) is 6.07 Å². The van der Waals surface area contributed by atoms with Crippen LogP contribution in [-0.2, 0) is 10.7 Å². The van der Waals surface area contributed by atoms with Crippen molar-refractivity contribution in [2.24, 2.45) is 0 Å². The summed E-state index contributed by atoms with van der Waals surface area (Å²) >= 11 is 5.31. The number of benzene rings is 1. The molecule has 0 saturated carbocycles. The molecule has 0 aliphatic heterocycles. The second kappa shape index (κ2) is 4.10. The lowest BCUT2D eigenvalue weighted by atomic mass is 10.1. The van der Waals surface area contributed by atoms with Crippen LogP contribution in [0.1, 0.15) is 12.0 Å². The second-order valence-corrected chi connectivity index (χ2v) is 3.25. The van der Waals surface area contributed by atoms with Gasteiger partial charge in [-0.3, -0.25) is 4.79 Å². The molecule has 15 heavy (non-hydrogen) atoms. The Morgan fingerprint density at radius 1 is 1.47 bits per heavy atom. The SMILES string of the molecule is O=C(O)CC(F)(F)c1cccc(F)c1Cl. The van der Waals surface area contributed by atoms with Crippen molar-refractivity contribution in [3.05, 3.63) is 34.6 Å². The first-order chi connectivity index (χ1) is 6.84. The van der Waals surface area contributed by atoms with Gasteiger partial charge in [0.15, 0.2) is 0 Å². The van der Waals surface area contributed by atoms with E-state index in [0.29, 0.717) is 0 Å². The topological polar surface area (TPSA) is 37.3 Å². The van der Waals surface area contributed by atoms with Gasteiger partial charge in [-0.15, -0.1) is 0 Å². The highest BCUT2D eigenvalue weighted by atomic mass is 35.5. The van der Waals surface area contributed by atoms with Crippen molar-refractivity contribution in [2.75, 3.05) is 0 Å². The first-order valence-electron chi connectivity index (χ1n) is 3.88. The summed E-state index contributed by atoms with van der Waals surface area (Å²) < 4.78 is 39.3. The summed E-state index contributed by atoms with van der Waals surface area (Å²) in [6, 6.07) is 2.86. The Bertz CT molecular complexity index is 393. The first-order valence-corrected chi connectivity index (χ1v) is 4.26. The van der Waals surface area contributed by atoms with Crippen molar-refractivity contribution < 1.29 is 23.1 Å². The molecule has 0 saturated heterocycles. The summed E-state index contributed by atoms with van der Waals surface area (Å²) in [6.07, 6.45) is -1.42. The average Bonchev–Trinajstić information content (AvgIpc) is 2.07. The number of carboxylic acids is 1. The van der Waals surface area contributed by atoms with Gasteiger partial charge in [-0.25, -0.2) is 13.2 Å². The van der Waals surface area contributed by atoms with Crippen molar-refractivity contribution in [1.29, 1.82) is 0 Å². The number of halogens is 4. The van der Waals surface area contributed by atoms with E-state index in [4.69, 9.17) is 16.7 Å². The van der Waals surface area contributed by atoms with Crippen LogP contribution in [0.4, 0.5) is 13.2 Å². The number of rotatable bonds is 3. The van der Waals surface area contributed by atoms with Crippen LogP contribution in [0.25, 0.3) is 0 Å². The number of hydrogen-bond acceptors (Lipinski definition) is 1. The Kier molecular flexibility index (Phi) is 3.24. The summed E-state index contributed by atoms with van der Waals surface area (Å²) in [5, 5.41) is 7.51. The molecule has 0 aliphatic rings. The van der Waals surface area contributed by atoms with Gasteiger partial charge in [0.05, 0.1) is 5.02 Å². The van der Waals surface area contributed by atoms with Crippen molar-refractivity contribution in [1.82, 2.24) is 0 Å². The molecule has 1 aromatic rings.